The van der Waals surface area contributed by atoms with Crippen molar-refractivity contribution in [3.8, 4) is 0 Å². The fourth-order valence-electron chi connectivity index (χ4n) is 1.78. The summed E-state index contributed by atoms with van der Waals surface area (Å²) in [5.74, 6) is 0.413. The minimum atomic E-state index is -0.425. The van der Waals surface area contributed by atoms with Crippen LogP contribution in [0.5, 0.6) is 0 Å². The second kappa shape index (κ2) is 5.54. The molecule has 0 fully saturated rings. The Morgan fingerprint density at radius 2 is 2.24 bits per heavy atom. The second-order valence-electron chi connectivity index (χ2n) is 5.59. The number of ether oxygens (including phenoxy) is 1. The van der Waals surface area contributed by atoms with Gasteiger partial charge in [0.1, 0.15) is 5.60 Å². The van der Waals surface area contributed by atoms with Crippen molar-refractivity contribution < 1.29 is 9.53 Å². The van der Waals surface area contributed by atoms with Gasteiger partial charge >= 0.3 is 6.09 Å². The van der Waals surface area contributed by atoms with E-state index in [0.717, 1.165) is 13.0 Å². The van der Waals surface area contributed by atoms with Gasteiger partial charge in [0.05, 0.1) is 0 Å². The van der Waals surface area contributed by atoms with Crippen molar-refractivity contribution in [3.63, 3.8) is 0 Å². The highest BCUT2D eigenvalue weighted by atomic mass is 16.6. The molecule has 0 saturated carbocycles. The van der Waals surface area contributed by atoms with Gasteiger partial charge in [0.2, 0.25) is 0 Å². The van der Waals surface area contributed by atoms with Crippen molar-refractivity contribution in [1.29, 1.82) is 0 Å². The summed E-state index contributed by atoms with van der Waals surface area (Å²) in [6.45, 7) is 9.79. The van der Waals surface area contributed by atoms with Crippen LogP contribution in [0.4, 0.5) is 4.79 Å². The third-order valence-corrected chi connectivity index (χ3v) is 2.88. The Bertz CT molecular complexity index is 305. The number of rotatable bonds is 2. The Kier molecular flexibility index (Phi) is 4.57. The lowest BCUT2D eigenvalue weighted by molar-refractivity contribution is 0.0264. The van der Waals surface area contributed by atoms with Crippen LogP contribution in [0, 0.1) is 5.92 Å². The molecule has 1 amide bonds. The highest BCUT2D eigenvalue weighted by molar-refractivity contribution is 5.68. The van der Waals surface area contributed by atoms with Gasteiger partial charge in [0.15, 0.2) is 0 Å². The lowest BCUT2D eigenvalue weighted by Gasteiger charge is -2.30. The van der Waals surface area contributed by atoms with E-state index >= 15 is 0 Å². The second-order valence-corrected chi connectivity index (χ2v) is 5.59. The molecule has 4 nitrogen and oxygen atoms in total. The maximum Gasteiger partial charge on any atom is 0.410 e. The summed E-state index contributed by atoms with van der Waals surface area (Å²) in [6, 6.07) is 0. The van der Waals surface area contributed by atoms with E-state index in [-0.39, 0.29) is 6.09 Å². The average molecular weight is 240 g/mol. The molecule has 0 bridgehead atoms. The van der Waals surface area contributed by atoms with Crippen LogP contribution in [0.15, 0.2) is 11.6 Å². The average Bonchev–Trinajstić information content (AvgIpc) is 2.26. The molecule has 1 heterocycles. The molecule has 17 heavy (non-hydrogen) atoms. The first-order chi connectivity index (χ1) is 7.83. The summed E-state index contributed by atoms with van der Waals surface area (Å²) in [5.41, 5.74) is 6.56. The highest BCUT2D eigenvalue weighted by Crippen LogP contribution is 2.20. The zero-order valence-corrected chi connectivity index (χ0v) is 11.3. The van der Waals surface area contributed by atoms with E-state index in [1.807, 2.05) is 20.8 Å². The normalized spacial score (nSPS) is 18.6. The molecule has 98 valence electrons. The first-order valence-corrected chi connectivity index (χ1v) is 6.20. The molecule has 1 aliphatic rings. The van der Waals surface area contributed by atoms with Gasteiger partial charge in [0.25, 0.3) is 0 Å². The molecule has 0 radical (unpaired) electrons. The molecule has 1 aliphatic heterocycles. The van der Waals surface area contributed by atoms with Crippen LogP contribution in [-0.4, -0.2) is 36.2 Å². The van der Waals surface area contributed by atoms with E-state index in [4.69, 9.17) is 10.5 Å². The standard InChI is InChI=1S/C13H24N2O2/c1-10(9-14)11-5-7-15(8-6-11)12(16)17-13(2,3)4/h5,10H,6-9,14H2,1-4H3. The first kappa shape index (κ1) is 14.0. The largest absolute Gasteiger partial charge is 0.444 e. The Balaban J connectivity index is 2.51. The summed E-state index contributed by atoms with van der Waals surface area (Å²) in [7, 11) is 0. The van der Waals surface area contributed by atoms with Crippen molar-refractivity contribution in [2.24, 2.45) is 11.7 Å². The molecule has 0 aromatic carbocycles. The van der Waals surface area contributed by atoms with Gasteiger partial charge in [-0.25, -0.2) is 4.79 Å². The van der Waals surface area contributed by atoms with Crippen LogP contribution in [0.3, 0.4) is 0 Å². The summed E-state index contributed by atoms with van der Waals surface area (Å²) in [6.07, 6.45) is 2.77. The lowest BCUT2D eigenvalue weighted by Crippen LogP contribution is -2.39. The summed E-state index contributed by atoms with van der Waals surface area (Å²) in [5, 5.41) is 0. The zero-order chi connectivity index (χ0) is 13.1. The van der Waals surface area contributed by atoms with Crippen LogP contribution in [-0.2, 0) is 4.74 Å². The Hall–Kier alpha value is -1.03. The van der Waals surface area contributed by atoms with Crippen molar-refractivity contribution in [2.75, 3.05) is 19.6 Å². The molecule has 1 atom stereocenters. The first-order valence-electron chi connectivity index (χ1n) is 6.20. The summed E-state index contributed by atoms with van der Waals surface area (Å²) >= 11 is 0. The number of hydrogen-bond donors (Lipinski definition) is 1. The Morgan fingerprint density at radius 1 is 1.59 bits per heavy atom. The molecule has 0 saturated heterocycles. The smallest absolute Gasteiger partial charge is 0.410 e. The molecular weight excluding hydrogens is 216 g/mol. The number of carbonyl (C=O) groups excluding carboxylic acids is 1. The van der Waals surface area contributed by atoms with Gasteiger partial charge in [-0.3, -0.25) is 0 Å². The minimum absolute atomic E-state index is 0.229. The van der Waals surface area contributed by atoms with Gasteiger partial charge in [-0.05, 0) is 39.7 Å². The van der Waals surface area contributed by atoms with Crippen molar-refractivity contribution in [1.82, 2.24) is 4.90 Å². The molecule has 0 spiro atoms. The van der Waals surface area contributed by atoms with Crippen molar-refractivity contribution >= 4 is 6.09 Å². The third kappa shape index (κ3) is 4.38. The topological polar surface area (TPSA) is 55.6 Å². The van der Waals surface area contributed by atoms with E-state index in [0.29, 0.717) is 19.0 Å². The fraction of sp³-hybridized carbons (Fsp3) is 0.769. The van der Waals surface area contributed by atoms with Crippen LogP contribution in [0.2, 0.25) is 0 Å². The third-order valence-electron chi connectivity index (χ3n) is 2.88. The van der Waals surface area contributed by atoms with Crippen molar-refractivity contribution in [3.05, 3.63) is 11.6 Å². The van der Waals surface area contributed by atoms with E-state index in [1.165, 1.54) is 5.57 Å². The molecule has 2 N–H and O–H groups in total. The number of nitrogens with two attached hydrogens (primary N) is 1. The van der Waals surface area contributed by atoms with E-state index in [1.54, 1.807) is 4.90 Å². The fourth-order valence-corrected chi connectivity index (χ4v) is 1.78. The van der Waals surface area contributed by atoms with Gasteiger partial charge in [-0.15, -0.1) is 0 Å². The van der Waals surface area contributed by atoms with Gasteiger partial charge in [-0.1, -0.05) is 18.6 Å². The highest BCUT2D eigenvalue weighted by Gasteiger charge is 2.24. The molecule has 0 aromatic heterocycles. The predicted molar refractivity (Wildman–Crippen MR) is 68.7 cm³/mol. The molecule has 0 aliphatic carbocycles. The van der Waals surface area contributed by atoms with E-state index in [2.05, 4.69) is 13.0 Å². The lowest BCUT2D eigenvalue weighted by atomic mass is 9.95. The molecule has 4 heteroatoms. The van der Waals surface area contributed by atoms with Crippen LogP contribution >= 0.6 is 0 Å². The van der Waals surface area contributed by atoms with Gasteiger partial charge in [0, 0.05) is 13.1 Å². The number of nitrogens with zero attached hydrogens (tertiary/aromatic N) is 1. The van der Waals surface area contributed by atoms with Crippen LogP contribution in [0.1, 0.15) is 34.1 Å². The molecule has 1 rings (SSSR count). The summed E-state index contributed by atoms with van der Waals surface area (Å²) < 4.78 is 5.33. The Morgan fingerprint density at radius 3 is 2.65 bits per heavy atom. The number of hydrogen-bond acceptors (Lipinski definition) is 3. The number of amides is 1. The van der Waals surface area contributed by atoms with Crippen LogP contribution < -0.4 is 5.73 Å². The van der Waals surface area contributed by atoms with Crippen LogP contribution in [0.25, 0.3) is 0 Å². The van der Waals surface area contributed by atoms with Gasteiger partial charge in [-0.2, -0.15) is 0 Å². The number of carbonyl (C=O) groups is 1. The predicted octanol–water partition coefficient (Wildman–Crippen LogP) is 2.15. The monoisotopic (exact) mass is 240 g/mol. The Labute approximate surface area is 104 Å². The zero-order valence-electron chi connectivity index (χ0n) is 11.3. The minimum Gasteiger partial charge on any atom is -0.444 e. The molecule has 1 unspecified atom stereocenters. The maximum atomic E-state index is 11.8. The van der Waals surface area contributed by atoms with E-state index in [9.17, 15) is 4.79 Å². The van der Waals surface area contributed by atoms with E-state index < -0.39 is 5.60 Å². The summed E-state index contributed by atoms with van der Waals surface area (Å²) in [4.78, 5) is 13.5. The molecular formula is C13H24N2O2. The quantitative estimate of drug-likeness (QED) is 0.752. The van der Waals surface area contributed by atoms with Crippen molar-refractivity contribution in [2.45, 2.75) is 39.7 Å². The van der Waals surface area contributed by atoms with Gasteiger partial charge < -0.3 is 15.4 Å². The molecule has 0 aromatic rings. The SMILES string of the molecule is CC(CN)C1=CCN(C(=O)OC(C)(C)C)CC1. The maximum absolute atomic E-state index is 11.8.